The van der Waals surface area contributed by atoms with Crippen molar-refractivity contribution < 1.29 is 9.84 Å². The van der Waals surface area contributed by atoms with Crippen molar-refractivity contribution in [3.05, 3.63) is 112 Å². The number of hydrogen-bond acceptors (Lipinski definition) is 8. The van der Waals surface area contributed by atoms with Gasteiger partial charge in [0.2, 0.25) is 0 Å². The zero-order valence-corrected chi connectivity index (χ0v) is 20.9. The first-order valence-electron chi connectivity index (χ1n) is 11.9. The fourth-order valence-corrected chi connectivity index (χ4v) is 4.56. The molecule has 5 aromatic rings. The molecule has 0 aliphatic heterocycles. The summed E-state index contributed by atoms with van der Waals surface area (Å²) in [6.45, 7) is 2.10. The van der Waals surface area contributed by atoms with Crippen molar-refractivity contribution in [2.24, 2.45) is 0 Å². The number of hydrogen-bond donors (Lipinski definition) is 4. The lowest BCUT2D eigenvalue weighted by molar-refractivity contribution is 0.412. The Balaban J connectivity index is 1.63. The van der Waals surface area contributed by atoms with Crippen LogP contribution in [0.15, 0.2) is 83.9 Å². The number of aryl methyl sites for hydroxylation is 1. The van der Waals surface area contributed by atoms with Crippen LogP contribution in [0.2, 0.25) is 0 Å². The maximum absolute atomic E-state index is 13.9. The zero-order chi connectivity index (χ0) is 26.8. The number of nitrogens with two attached hydrogens (primary N) is 1. The molecule has 3 aromatic carbocycles. The first-order valence-corrected chi connectivity index (χ1v) is 11.9. The van der Waals surface area contributed by atoms with Gasteiger partial charge in [0.1, 0.15) is 29.5 Å². The summed E-state index contributed by atoms with van der Waals surface area (Å²) in [5.74, 6) is 1.03. The largest absolute Gasteiger partial charge is 0.508 e. The molecular weight excluding hydrogens is 480 g/mol. The van der Waals surface area contributed by atoms with E-state index < -0.39 is 0 Å². The number of aromatic hydroxyl groups is 1. The van der Waals surface area contributed by atoms with Crippen molar-refractivity contribution in [1.29, 1.82) is 5.41 Å². The Kier molecular flexibility index (Phi) is 6.49. The minimum atomic E-state index is -0.170. The van der Waals surface area contributed by atoms with Gasteiger partial charge in [0, 0.05) is 11.3 Å². The van der Waals surface area contributed by atoms with Crippen LogP contribution >= 0.6 is 0 Å². The molecule has 38 heavy (non-hydrogen) atoms. The number of methoxy groups -OCH3 is 1. The standard InChI is InChI=1S/C29H26N6O3/c1-17-7-5-8-18-13-20(35(29(37)24(17)18)22-11-3-4-12-23(22)38-2)15-32-28-25(27(31)33-16-34-28)26(30)19-9-6-10-21(36)14-19/h3-14,16,30,36H,15H2,1-2H3,(H3,31,32,33,34). The van der Waals surface area contributed by atoms with Crippen molar-refractivity contribution in [3.63, 3.8) is 0 Å². The second kappa shape index (κ2) is 10.1. The van der Waals surface area contributed by atoms with Gasteiger partial charge in [-0.3, -0.25) is 14.8 Å². The number of rotatable bonds is 7. The second-order valence-electron chi connectivity index (χ2n) is 8.75. The highest BCUT2D eigenvalue weighted by Gasteiger charge is 2.19. The number of aromatic nitrogens is 3. The second-order valence-corrected chi connectivity index (χ2v) is 8.75. The summed E-state index contributed by atoms with van der Waals surface area (Å²) in [6, 6.07) is 21.4. The van der Waals surface area contributed by atoms with Crippen molar-refractivity contribution in [2.75, 3.05) is 18.2 Å². The Morgan fingerprint density at radius 2 is 1.87 bits per heavy atom. The molecule has 2 heterocycles. The molecule has 9 nitrogen and oxygen atoms in total. The minimum absolute atomic E-state index is 0.0319. The Labute approximate surface area is 218 Å². The fraction of sp³-hybridized carbons (Fsp3) is 0.103. The van der Waals surface area contributed by atoms with E-state index in [1.807, 2.05) is 49.4 Å². The molecule has 0 unspecified atom stereocenters. The summed E-state index contributed by atoms with van der Waals surface area (Å²) in [5.41, 5.74) is 8.95. The van der Waals surface area contributed by atoms with Gasteiger partial charge in [-0.1, -0.05) is 42.5 Å². The Morgan fingerprint density at radius 1 is 1.08 bits per heavy atom. The van der Waals surface area contributed by atoms with Crippen LogP contribution in [0.25, 0.3) is 16.5 Å². The lowest BCUT2D eigenvalue weighted by Crippen LogP contribution is -2.25. The lowest BCUT2D eigenvalue weighted by atomic mass is 10.0. The topological polar surface area (TPSA) is 139 Å². The number of fused-ring (bicyclic) bond motifs is 1. The van der Waals surface area contributed by atoms with Crippen LogP contribution in [0.5, 0.6) is 11.5 Å². The number of benzene rings is 3. The Hall–Kier alpha value is -5.18. The van der Waals surface area contributed by atoms with Crippen molar-refractivity contribution in [1.82, 2.24) is 14.5 Å². The molecule has 0 amide bonds. The van der Waals surface area contributed by atoms with E-state index >= 15 is 0 Å². The molecule has 0 aliphatic rings. The van der Waals surface area contributed by atoms with Crippen LogP contribution < -0.4 is 21.3 Å². The molecule has 9 heteroatoms. The molecule has 5 N–H and O–H groups in total. The quantitative estimate of drug-likeness (QED) is 0.240. The summed E-state index contributed by atoms with van der Waals surface area (Å²) < 4.78 is 7.20. The van der Waals surface area contributed by atoms with Gasteiger partial charge < -0.3 is 20.9 Å². The molecular formula is C29H26N6O3. The van der Waals surface area contributed by atoms with Gasteiger partial charge in [0.25, 0.3) is 5.56 Å². The van der Waals surface area contributed by atoms with E-state index in [9.17, 15) is 9.90 Å². The van der Waals surface area contributed by atoms with E-state index in [0.29, 0.717) is 39.5 Å². The van der Waals surface area contributed by atoms with E-state index in [1.54, 1.807) is 29.9 Å². The number of nitrogens with zero attached hydrogens (tertiary/aromatic N) is 3. The van der Waals surface area contributed by atoms with Crippen molar-refractivity contribution >= 4 is 28.1 Å². The van der Waals surface area contributed by atoms with Gasteiger partial charge in [-0.15, -0.1) is 0 Å². The number of nitrogen functional groups attached to an aromatic ring is 1. The number of phenolic OH excluding ortho intramolecular Hbond substituents is 1. The Morgan fingerprint density at radius 3 is 2.66 bits per heavy atom. The zero-order valence-electron chi connectivity index (χ0n) is 20.9. The number of anilines is 2. The summed E-state index contributed by atoms with van der Waals surface area (Å²) >= 11 is 0. The maximum Gasteiger partial charge on any atom is 0.263 e. The van der Waals surface area contributed by atoms with Crippen LogP contribution in [-0.2, 0) is 6.54 Å². The van der Waals surface area contributed by atoms with E-state index in [-0.39, 0.29) is 29.4 Å². The number of ether oxygens (including phenoxy) is 1. The van der Waals surface area contributed by atoms with Gasteiger partial charge in [-0.2, -0.15) is 0 Å². The summed E-state index contributed by atoms with van der Waals surface area (Å²) in [7, 11) is 1.57. The van der Waals surface area contributed by atoms with Crippen LogP contribution in [-0.4, -0.2) is 32.5 Å². The molecule has 0 spiro atoms. The average Bonchev–Trinajstić information content (AvgIpc) is 2.91. The fourth-order valence-electron chi connectivity index (χ4n) is 4.56. The van der Waals surface area contributed by atoms with Gasteiger partial charge in [-0.25, -0.2) is 9.97 Å². The molecule has 0 saturated heterocycles. The highest BCUT2D eigenvalue weighted by molar-refractivity contribution is 6.16. The number of nitrogens with one attached hydrogen (secondary N) is 2. The van der Waals surface area contributed by atoms with Gasteiger partial charge in [-0.05, 0) is 48.2 Å². The molecule has 0 aliphatic carbocycles. The van der Waals surface area contributed by atoms with Gasteiger partial charge >= 0.3 is 0 Å². The average molecular weight is 507 g/mol. The van der Waals surface area contributed by atoms with Gasteiger partial charge in [0.05, 0.1) is 36.0 Å². The number of para-hydroxylation sites is 2. The lowest BCUT2D eigenvalue weighted by Gasteiger charge is -2.19. The molecule has 0 radical (unpaired) electrons. The molecule has 2 aromatic heterocycles. The third-order valence-electron chi connectivity index (χ3n) is 6.36. The molecule has 190 valence electrons. The molecule has 0 fully saturated rings. The van der Waals surface area contributed by atoms with Gasteiger partial charge in [0.15, 0.2) is 0 Å². The minimum Gasteiger partial charge on any atom is -0.508 e. The maximum atomic E-state index is 13.9. The predicted octanol–water partition coefficient (Wildman–Crippen LogP) is 4.41. The summed E-state index contributed by atoms with van der Waals surface area (Å²) in [5, 5.41) is 23.3. The molecule has 0 bridgehead atoms. The van der Waals surface area contributed by atoms with E-state index in [1.165, 1.54) is 18.5 Å². The first-order chi connectivity index (χ1) is 18.4. The van der Waals surface area contributed by atoms with E-state index in [4.69, 9.17) is 15.9 Å². The summed E-state index contributed by atoms with van der Waals surface area (Å²) in [6.07, 6.45) is 1.31. The van der Waals surface area contributed by atoms with Crippen molar-refractivity contribution in [2.45, 2.75) is 13.5 Å². The molecule has 5 rings (SSSR count). The van der Waals surface area contributed by atoms with Crippen LogP contribution in [0.4, 0.5) is 11.6 Å². The van der Waals surface area contributed by atoms with E-state index in [0.717, 1.165) is 10.9 Å². The monoisotopic (exact) mass is 506 g/mol. The van der Waals surface area contributed by atoms with Crippen molar-refractivity contribution in [3.8, 4) is 17.2 Å². The molecule has 0 atom stereocenters. The number of pyridine rings is 1. The third-order valence-corrected chi connectivity index (χ3v) is 6.36. The van der Waals surface area contributed by atoms with E-state index in [2.05, 4.69) is 15.3 Å². The van der Waals surface area contributed by atoms with Crippen LogP contribution in [0.3, 0.4) is 0 Å². The smallest absolute Gasteiger partial charge is 0.263 e. The SMILES string of the molecule is COc1ccccc1-n1c(CNc2ncnc(N)c2C(=N)c2cccc(O)c2)cc2cccc(C)c2c1=O. The molecule has 0 saturated carbocycles. The number of phenols is 1. The van der Waals surface area contributed by atoms with Crippen LogP contribution in [0.1, 0.15) is 22.4 Å². The summed E-state index contributed by atoms with van der Waals surface area (Å²) in [4.78, 5) is 22.3. The van der Waals surface area contributed by atoms with Crippen LogP contribution in [0, 0.1) is 12.3 Å². The normalized spacial score (nSPS) is 10.9. The first kappa shape index (κ1) is 24.5. The third kappa shape index (κ3) is 4.41. The Bertz CT molecular complexity index is 1750. The predicted molar refractivity (Wildman–Crippen MR) is 149 cm³/mol. The highest BCUT2D eigenvalue weighted by atomic mass is 16.5. The highest BCUT2D eigenvalue weighted by Crippen LogP contribution is 2.27.